The quantitative estimate of drug-likeness (QED) is 0.667. The highest BCUT2D eigenvalue weighted by molar-refractivity contribution is 5.75. The number of rotatable bonds is 4. The monoisotopic (exact) mass is 239 g/mol. The molecule has 0 aromatic carbocycles. The number of hydrogen-bond donors (Lipinski definition) is 0. The van der Waals surface area contributed by atoms with Crippen LogP contribution in [0.15, 0.2) is 0 Å². The minimum Gasteiger partial charge on any atom is -0.465 e. The van der Waals surface area contributed by atoms with Gasteiger partial charge in [0.1, 0.15) is 6.04 Å². The SMILES string of the molecule is CCOC(=O)C(C)N1CCN(C(C)C#N)CC1. The van der Waals surface area contributed by atoms with Gasteiger partial charge in [-0.3, -0.25) is 14.6 Å². The van der Waals surface area contributed by atoms with Gasteiger partial charge in [-0.15, -0.1) is 0 Å². The molecule has 2 atom stereocenters. The Hall–Kier alpha value is -1.12. The van der Waals surface area contributed by atoms with E-state index in [0.29, 0.717) is 6.61 Å². The largest absolute Gasteiger partial charge is 0.465 e. The van der Waals surface area contributed by atoms with Crippen molar-refractivity contribution in [1.82, 2.24) is 9.80 Å². The lowest BCUT2D eigenvalue weighted by molar-refractivity contribution is -0.149. The summed E-state index contributed by atoms with van der Waals surface area (Å²) in [6.45, 7) is 9.31. The van der Waals surface area contributed by atoms with E-state index < -0.39 is 0 Å². The molecule has 0 radical (unpaired) electrons. The molecule has 1 heterocycles. The lowest BCUT2D eigenvalue weighted by atomic mass is 10.2. The number of hydrogen-bond acceptors (Lipinski definition) is 5. The lowest BCUT2D eigenvalue weighted by Crippen LogP contribution is -2.53. The van der Waals surface area contributed by atoms with Crippen molar-refractivity contribution in [1.29, 1.82) is 5.26 Å². The summed E-state index contributed by atoms with van der Waals surface area (Å²) in [4.78, 5) is 15.8. The zero-order valence-electron chi connectivity index (χ0n) is 10.8. The molecule has 5 heteroatoms. The molecule has 96 valence electrons. The predicted molar refractivity (Wildman–Crippen MR) is 64.3 cm³/mol. The zero-order valence-corrected chi connectivity index (χ0v) is 10.8. The van der Waals surface area contributed by atoms with Crippen molar-refractivity contribution in [3.63, 3.8) is 0 Å². The molecule has 5 nitrogen and oxygen atoms in total. The molecule has 0 aromatic rings. The average Bonchev–Trinajstić information content (AvgIpc) is 2.37. The summed E-state index contributed by atoms with van der Waals surface area (Å²) in [6, 6.07) is 2.01. The van der Waals surface area contributed by atoms with Gasteiger partial charge in [-0.05, 0) is 20.8 Å². The van der Waals surface area contributed by atoms with Crippen molar-refractivity contribution in [2.75, 3.05) is 32.8 Å². The molecule has 0 aromatic heterocycles. The van der Waals surface area contributed by atoms with Crippen LogP contribution in [-0.4, -0.2) is 60.6 Å². The molecule has 0 saturated carbocycles. The molecule has 0 spiro atoms. The maximum atomic E-state index is 11.6. The van der Waals surface area contributed by atoms with Crippen molar-refractivity contribution in [2.24, 2.45) is 0 Å². The molecule has 1 rings (SSSR count). The van der Waals surface area contributed by atoms with Crippen LogP contribution in [0.5, 0.6) is 0 Å². The Morgan fingerprint density at radius 2 is 1.82 bits per heavy atom. The Bertz CT molecular complexity index is 293. The number of piperazine rings is 1. The predicted octanol–water partition coefficient (Wildman–Crippen LogP) is 0.468. The van der Waals surface area contributed by atoms with Crippen molar-refractivity contribution in [3.8, 4) is 6.07 Å². The fourth-order valence-electron chi connectivity index (χ4n) is 2.01. The van der Waals surface area contributed by atoms with Gasteiger partial charge in [0.15, 0.2) is 0 Å². The Morgan fingerprint density at radius 1 is 1.29 bits per heavy atom. The molecule has 0 bridgehead atoms. The average molecular weight is 239 g/mol. The van der Waals surface area contributed by atoms with Gasteiger partial charge in [-0.1, -0.05) is 0 Å². The van der Waals surface area contributed by atoms with Crippen LogP contribution < -0.4 is 0 Å². The van der Waals surface area contributed by atoms with Gasteiger partial charge in [-0.25, -0.2) is 0 Å². The first-order chi connectivity index (χ1) is 8.10. The summed E-state index contributed by atoms with van der Waals surface area (Å²) >= 11 is 0. The highest BCUT2D eigenvalue weighted by atomic mass is 16.5. The van der Waals surface area contributed by atoms with Crippen LogP contribution in [0.2, 0.25) is 0 Å². The molecule has 1 saturated heterocycles. The van der Waals surface area contributed by atoms with E-state index >= 15 is 0 Å². The number of nitrogens with zero attached hydrogens (tertiary/aromatic N) is 3. The number of carbonyl (C=O) groups excluding carboxylic acids is 1. The molecular weight excluding hydrogens is 218 g/mol. The Kier molecular flexibility index (Phi) is 5.39. The van der Waals surface area contributed by atoms with Gasteiger partial charge in [0, 0.05) is 26.2 Å². The first-order valence-corrected chi connectivity index (χ1v) is 6.14. The van der Waals surface area contributed by atoms with E-state index in [4.69, 9.17) is 10.00 Å². The number of carbonyl (C=O) groups is 1. The van der Waals surface area contributed by atoms with E-state index in [-0.39, 0.29) is 18.1 Å². The summed E-state index contributed by atoms with van der Waals surface area (Å²) in [7, 11) is 0. The molecule has 2 unspecified atom stereocenters. The molecule has 1 fully saturated rings. The topological polar surface area (TPSA) is 56.6 Å². The summed E-state index contributed by atoms with van der Waals surface area (Å²) < 4.78 is 5.01. The van der Waals surface area contributed by atoms with E-state index in [1.807, 2.05) is 20.8 Å². The third-order valence-electron chi connectivity index (χ3n) is 3.26. The second-order valence-corrected chi connectivity index (χ2v) is 4.31. The van der Waals surface area contributed by atoms with E-state index in [1.165, 1.54) is 0 Å². The zero-order chi connectivity index (χ0) is 12.8. The van der Waals surface area contributed by atoms with Gasteiger partial charge < -0.3 is 4.74 Å². The van der Waals surface area contributed by atoms with Gasteiger partial charge in [0.05, 0.1) is 18.7 Å². The molecule has 0 aliphatic carbocycles. The maximum absolute atomic E-state index is 11.6. The van der Waals surface area contributed by atoms with Crippen LogP contribution in [-0.2, 0) is 9.53 Å². The van der Waals surface area contributed by atoms with Crippen LogP contribution in [0.4, 0.5) is 0 Å². The van der Waals surface area contributed by atoms with Crippen molar-refractivity contribution >= 4 is 5.97 Å². The molecule has 1 aliphatic heterocycles. The molecular formula is C12H21N3O2. The number of nitriles is 1. The van der Waals surface area contributed by atoms with Crippen molar-refractivity contribution < 1.29 is 9.53 Å². The van der Waals surface area contributed by atoms with E-state index in [2.05, 4.69) is 15.9 Å². The summed E-state index contributed by atoms with van der Waals surface area (Å²) in [5.74, 6) is -0.158. The Morgan fingerprint density at radius 3 is 2.29 bits per heavy atom. The van der Waals surface area contributed by atoms with Crippen molar-refractivity contribution in [2.45, 2.75) is 32.9 Å². The van der Waals surface area contributed by atoms with Gasteiger partial charge in [0.25, 0.3) is 0 Å². The maximum Gasteiger partial charge on any atom is 0.323 e. The van der Waals surface area contributed by atoms with Gasteiger partial charge in [-0.2, -0.15) is 5.26 Å². The fraction of sp³-hybridized carbons (Fsp3) is 0.833. The second-order valence-electron chi connectivity index (χ2n) is 4.31. The minimum atomic E-state index is -0.186. The minimum absolute atomic E-state index is 0.0463. The smallest absolute Gasteiger partial charge is 0.323 e. The van der Waals surface area contributed by atoms with E-state index in [1.54, 1.807) is 0 Å². The third-order valence-corrected chi connectivity index (χ3v) is 3.26. The normalized spacial score (nSPS) is 21.5. The fourth-order valence-corrected chi connectivity index (χ4v) is 2.01. The third kappa shape index (κ3) is 3.69. The lowest BCUT2D eigenvalue weighted by Gasteiger charge is -2.37. The Balaban J connectivity index is 2.41. The van der Waals surface area contributed by atoms with Crippen LogP contribution >= 0.6 is 0 Å². The number of esters is 1. The molecule has 17 heavy (non-hydrogen) atoms. The van der Waals surface area contributed by atoms with Crippen LogP contribution in [0.3, 0.4) is 0 Å². The van der Waals surface area contributed by atoms with E-state index in [9.17, 15) is 4.79 Å². The highest BCUT2D eigenvalue weighted by Crippen LogP contribution is 2.09. The number of ether oxygens (including phenoxy) is 1. The first-order valence-electron chi connectivity index (χ1n) is 6.14. The Labute approximate surface area is 103 Å². The van der Waals surface area contributed by atoms with Crippen LogP contribution in [0.1, 0.15) is 20.8 Å². The molecule has 0 N–H and O–H groups in total. The van der Waals surface area contributed by atoms with Gasteiger partial charge in [0.2, 0.25) is 0 Å². The summed E-state index contributed by atoms with van der Waals surface area (Å²) in [5.41, 5.74) is 0. The highest BCUT2D eigenvalue weighted by Gasteiger charge is 2.27. The second kappa shape index (κ2) is 6.58. The van der Waals surface area contributed by atoms with Crippen LogP contribution in [0, 0.1) is 11.3 Å². The summed E-state index contributed by atoms with van der Waals surface area (Å²) in [6.07, 6.45) is 0. The van der Waals surface area contributed by atoms with E-state index in [0.717, 1.165) is 26.2 Å². The standard InChI is InChI=1S/C12H21N3O2/c1-4-17-12(16)11(3)15-7-5-14(6-8-15)10(2)9-13/h10-11H,4-8H2,1-3H3. The first kappa shape index (κ1) is 13.9. The summed E-state index contributed by atoms with van der Waals surface area (Å²) in [5, 5.41) is 8.84. The molecule has 0 amide bonds. The molecule has 1 aliphatic rings. The van der Waals surface area contributed by atoms with Gasteiger partial charge >= 0.3 is 5.97 Å². The van der Waals surface area contributed by atoms with Crippen LogP contribution in [0.25, 0.3) is 0 Å². The van der Waals surface area contributed by atoms with Crippen molar-refractivity contribution in [3.05, 3.63) is 0 Å².